The number of nitrogens with zero attached hydrogens (tertiary/aromatic N) is 1. The number of ether oxygens (including phenoxy) is 1. The highest BCUT2D eigenvalue weighted by Crippen LogP contribution is 2.53. The molecular weight excluding hydrogens is 444 g/mol. The zero-order valence-electron chi connectivity index (χ0n) is 15.7. The van der Waals surface area contributed by atoms with Crippen LogP contribution in [0.5, 0.6) is 0 Å². The molecule has 4 atom stereocenters. The SMILES string of the molecule is COCCCN1C(=O)[C@@H]2[C@H](CC(N)=O)N[C@@]3(C(=O)Nc4ccc(Br)cc43)[C@@H]2C1=O. The normalized spacial score (nSPS) is 30.1. The molecule has 9 nitrogen and oxygen atoms in total. The van der Waals surface area contributed by atoms with Crippen LogP contribution in [-0.4, -0.2) is 54.8 Å². The average molecular weight is 465 g/mol. The Bertz CT molecular complexity index is 922. The van der Waals surface area contributed by atoms with Gasteiger partial charge in [0.25, 0.3) is 0 Å². The highest BCUT2D eigenvalue weighted by Gasteiger charge is 2.70. The molecule has 3 aliphatic heterocycles. The largest absolute Gasteiger partial charge is 0.385 e. The van der Waals surface area contributed by atoms with Crippen LogP contribution < -0.4 is 16.4 Å². The molecule has 2 fully saturated rings. The lowest BCUT2D eigenvalue weighted by atomic mass is 9.76. The number of halogens is 1. The van der Waals surface area contributed by atoms with E-state index in [2.05, 4.69) is 26.6 Å². The molecule has 10 heteroatoms. The number of carbonyl (C=O) groups excluding carboxylic acids is 4. The Morgan fingerprint density at radius 3 is 2.76 bits per heavy atom. The van der Waals surface area contributed by atoms with E-state index in [1.54, 1.807) is 25.3 Å². The second-order valence-corrected chi connectivity index (χ2v) is 8.47. The molecule has 2 saturated heterocycles. The van der Waals surface area contributed by atoms with Crippen LogP contribution in [0.15, 0.2) is 22.7 Å². The molecule has 4 amide bonds. The van der Waals surface area contributed by atoms with Gasteiger partial charge in [-0.2, -0.15) is 0 Å². The molecule has 4 rings (SSSR count). The number of likely N-dealkylation sites (tertiary alicyclic amines) is 1. The maximum atomic E-state index is 13.3. The number of carbonyl (C=O) groups is 4. The monoisotopic (exact) mass is 464 g/mol. The molecule has 1 aromatic carbocycles. The van der Waals surface area contributed by atoms with Crippen molar-refractivity contribution in [1.29, 1.82) is 0 Å². The Morgan fingerprint density at radius 2 is 2.07 bits per heavy atom. The van der Waals surface area contributed by atoms with Crippen LogP contribution in [0, 0.1) is 11.8 Å². The van der Waals surface area contributed by atoms with Gasteiger partial charge in [-0.05, 0) is 24.6 Å². The van der Waals surface area contributed by atoms with E-state index in [9.17, 15) is 19.2 Å². The van der Waals surface area contributed by atoms with Gasteiger partial charge < -0.3 is 15.8 Å². The molecule has 0 aromatic heterocycles. The molecule has 3 aliphatic rings. The molecule has 0 saturated carbocycles. The molecule has 0 bridgehead atoms. The molecular formula is C19H21BrN4O5. The van der Waals surface area contributed by atoms with Crippen molar-refractivity contribution in [2.24, 2.45) is 17.6 Å². The Hall–Kier alpha value is -2.30. The summed E-state index contributed by atoms with van der Waals surface area (Å²) in [5, 5.41) is 5.96. The van der Waals surface area contributed by atoms with Crippen LogP contribution in [0.25, 0.3) is 0 Å². The Morgan fingerprint density at radius 1 is 1.31 bits per heavy atom. The summed E-state index contributed by atoms with van der Waals surface area (Å²) < 4.78 is 5.75. The van der Waals surface area contributed by atoms with Crippen molar-refractivity contribution in [1.82, 2.24) is 10.2 Å². The molecule has 29 heavy (non-hydrogen) atoms. The Labute approximate surface area is 175 Å². The highest BCUT2D eigenvalue weighted by molar-refractivity contribution is 9.10. The van der Waals surface area contributed by atoms with Crippen LogP contribution >= 0.6 is 15.9 Å². The maximum absolute atomic E-state index is 13.3. The molecule has 154 valence electrons. The van der Waals surface area contributed by atoms with Crippen molar-refractivity contribution >= 4 is 45.2 Å². The third-order valence-electron chi connectivity index (χ3n) is 5.92. The fourth-order valence-corrected chi connectivity index (χ4v) is 5.17. The first-order chi connectivity index (χ1) is 13.8. The number of methoxy groups -OCH3 is 1. The molecule has 4 N–H and O–H groups in total. The van der Waals surface area contributed by atoms with E-state index in [-0.39, 0.29) is 18.9 Å². The van der Waals surface area contributed by atoms with Gasteiger partial charge in [0.1, 0.15) is 5.54 Å². The third-order valence-corrected chi connectivity index (χ3v) is 6.41. The first-order valence-electron chi connectivity index (χ1n) is 9.33. The van der Waals surface area contributed by atoms with Gasteiger partial charge in [0, 0.05) is 48.4 Å². The van der Waals surface area contributed by atoms with Gasteiger partial charge in [0.05, 0.1) is 11.8 Å². The van der Waals surface area contributed by atoms with Gasteiger partial charge in [-0.25, -0.2) is 0 Å². The van der Waals surface area contributed by atoms with Crippen molar-refractivity contribution in [2.75, 3.05) is 25.6 Å². The summed E-state index contributed by atoms with van der Waals surface area (Å²) in [5.41, 5.74) is 5.12. The summed E-state index contributed by atoms with van der Waals surface area (Å²) in [5.74, 6) is -3.61. The van der Waals surface area contributed by atoms with E-state index < -0.39 is 41.1 Å². The minimum Gasteiger partial charge on any atom is -0.385 e. The average Bonchev–Trinajstić information content (AvgIpc) is 3.22. The van der Waals surface area contributed by atoms with E-state index in [4.69, 9.17) is 10.5 Å². The van der Waals surface area contributed by atoms with Crippen molar-refractivity contribution in [2.45, 2.75) is 24.4 Å². The number of anilines is 1. The molecule has 0 radical (unpaired) electrons. The summed E-state index contributed by atoms with van der Waals surface area (Å²) >= 11 is 3.41. The van der Waals surface area contributed by atoms with Crippen LogP contribution in [0.1, 0.15) is 18.4 Å². The van der Waals surface area contributed by atoms with Gasteiger partial charge in [0.15, 0.2) is 0 Å². The summed E-state index contributed by atoms with van der Waals surface area (Å²) in [6.07, 6.45) is 0.340. The number of hydrogen-bond acceptors (Lipinski definition) is 6. The second-order valence-electron chi connectivity index (χ2n) is 7.55. The van der Waals surface area contributed by atoms with E-state index in [1.165, 1.54) is 4.90 Å². The van der Waals surface area contributed by atoms with Gasteiger partial charge in [-0.1, -0.05) is 15.9 Å². The Balaban J connectivity index is 1.80. The fraction of sp³-hybridized carbons (Fsp3) is 0.474. The zero-order valence-corrected chi connectivity index (χ0v) is 17.3. The van der Waals surface area contributed by atoms with Crippen molar-refractivity contribution in [3.63, 3.8) is 0 Å². The molecule has 0 unspecified atom stereocenters. The third kappa shape index (κ3) is 2.89. The van der Waals surface area contributed by atoms with E-state index in [1.807, 2.05) is 0 Å². The number of nitrogens with two attached hydrogens (primary N) is 1. The summed E-state index contributed by atoms with van der Waals surface area (Å²) in [4.78, 5) is 52.5. The first kappa shape index (κ1) is 20.0. The number of benzene rings is 1. The lowest BCUT2D eigenvalue weighted by molar-refractivity contribution is -0.143. The molecule has 1 aromatic rings. The molecule has 0 aliphatic carbocycles. The Kier molecular flexibility index (Phi) is 4.96. The summed E-state index contributed by atoms with van der Waals surface area (Å²) in [6, 6.07) is 4.57. The number of primary amides is 1. The quantitative estimate of drug-likeness (QED) is 0.403. The number of imide groups is 1. The summed E-state index contributed by atoms with van der Waals surface area (Å²) in [7, 11) is 1.54. The fourth-order valence-electron chi connectivity index (χ4n) is 4.81. The zero-order chi connectivity index (χ0) is 20.9. The number of rotatable bonds is 6. The topological polar surface area (TPSA) is 131 Å². The smallest absolute Gasteiger partial charge is 0.250 e. The minimum absolute atomic E-state index is 0.148. The highest BCUT2D eigenvalue weighted by atomic mass is 79.9. The first-order valence-corrected chi connectivity index (χ1v) is 10.1. The van der Waals surface area contributed by atoms with Gasteiger partial charge in [-0.15, -0.1) is 0 Å². The van der Waals surface area contributed by atoms with E-state index in [0.717, 1.165) is 4.47 Å². The maximum Gasteiger partial charge on any atom is 0.250 e. The molecule has 3 heterocycles. The minimum atomic E-state index is -1.42. The lowest BCUT2D eigenvalue weighted by Gasteiger charge is -2.29. The van der Waals surface area contributed by atoms with Crippen LogP contribution in [0.3, 0.4) is 0 Å². The van der Waals surface area contributed by atoms with Crippen LogP contribution in [0.2, 0.25) is 0 Å². The van der Waals surface area contributed by atoms with Crippen LogP contribution in [-0.2, 0) is 29.5 Å². The predicted octanol–water partition coefficient (Wildman–Crippen LogP) is 0.0814. The van der Waals surface area contributed by atoms with E-state index >= 15 is 0 Å². The number of hydrogen-bond donors (Lipinski definition) is 3. The van der Waals surface area contributed by atoms with Crippen molar-refractivity contribution in [3.8, 4) is 0 Å². The van der Waals surface area contributed by atoms with Gasteiger partial charge in [-0.3, -0.25) is 29.4 Å². The van der Waals surface area contributed by atoms with Gasteiger partial charge >= 0.3 is 0 Å². The summed E-state index contributed by atoms with van der Waals surface area (Å²) in [6.45, 7) is 0.599. The predicted molar refractivity (Wildman–Crippen MR) is 105 cm³/mol. The van der Waals surface area contributed by atoms with E-state index in [0.29, 0.717) is 24.3 Å². The van der Waals surface area contributed by atoms with Crippen molar-refractivity contribution < 1.29 is 23.9 Å². The van der Waals surface area contributed by atoms with Crippen LogP contribution in [0.4, 0.5) is 5.69 Å². The van der Waals surface area contributed by atoms with Gasteiger partial charge in [0.2, 0.25) is 23.6 Å². The number of fused-ring (bicyclic) bond motifs is 4. The number of nitrogens with one attached hydrogen (secondary N) is 2. The lowest BCUT2D eigenvalue weighted by Crippen LogP contribution is -2.53. The number of amides is 4. The standard InChI is InChI=1S/C19H21BrN4O5/c1-29-6-2-5-24-16(26)14-12(8-13(21)25)23-19(15(14)17(24)27)10-7-9(20)3-4-11(10)22-18(19)28/h3-4,7,12,14-15,23H,2,5-6,8H2,1H3,(H2,21,25)(H,22,28)/t12-,14+,15-,19+/m0/s1. The van der Waals surface area contributed by atoms with Crippen molar-refractivity contribution in [3.05, 3.63) is 28.2 Å². The molecule has 1 spiro atoms. The second kappa shape index (κ2) is 7.19.